The molecule has 1 aromatic carbocycles. The average molecular weight is 236 g/mol. The molecule has 0 saturated carbocycles. The minimum atomic E-state index is -3.74. The van der Waals surface area contributed by atoms with E-state index < -0.39 is 15.9 Å². The third-order valence-electron chi connectivity index (χ3n) is 2.34. The molecule has 1 amide bonds. The van der Waals surface area contributed by atoms with Crippen LogP contribution in [-0.2, 0) is 10.0 Å². The standard InChI is InChI=1S/C10H8N2O3S/c11-6-3-7-12-10(13)8-4-1-2-5-9(8)16(12,14)15/h1-2,4-5H,3,7H2. The number of carbonyl (C=O) groups excluding carboxylic acids is 1. The SMILES string of the molecule is N#CCCN1C(=O)c2ccccc2S1(=O)=O. The van der Waals surface area contributed by atoms with Crippen molar-refractivity contribution >= 4 is 15.9 Å². The van der Waals surface area contributed by atoms with Crippen molar-refractivity contribution in [3.05, 3.63) is 29.8 Å². The van der Waals surface area contributed by atoms with Gasteiger partial charge in [-0.25, -0.2) is 12.7 Å². The van der Waals surface area contributed by atoms with Crippen molar-refractivity contribution in [3.63, 3.8) is 0 Å². The smallest absolute Gasteiger partial charge is 0.268 e. The zero-order valence-electron chi connectivity index (χ0n) is 8.25. The van der Waals surface area contributed by atoms with E-state index in [0.717, 1.165) is 4.31 Å². The summed E-state index contributed by atoms with van der Waals surface area (Å²) in [6.07, 6.45) is -0.00103. The van der Waals surface area contributed by atoms with Gasteiger partial charge in [0.25, 0.3) is 15.9 Å². The molecular weight excluding hydrogens is 228 g/mol. The summed E-state index contributed by atoms with van der Waals surface area (Å²) in [5.74, 6) is -0.550. The second-order valence-corrected chi connectivity index (χ2v) is 5.12. The molecule has 0 N–H and O–H groups in total. The first kappa shape index (κ1) is 10.6. The summed E-state index contributed by atoms with van der Waals surface area (Å²) in [6.45, 7) is -0.0909. The molecule has 1 aliphatic heterocycles. The summed E-state index contributed by atoms with van der Waals surface area (Å²) >= 11 is 0. The number of amides is 1. The molecule has 1 aliphatic rings. The maximum atomic E-state index is 11.9. The van der Waals surface area contributed by atoms with Gasteiger partial charge in [-0.1, -0.05) is 12.1 Å². The lowest BCUT2D eigenvalue weighted by atomic mass is 10.2. The van der Waals surface area contributed by atoms with E-state index in [1.54, 1.807) is 12.1 Å². The quantitative estimate of drug-likeness (QED) is 0.758. The molecular formula is C10H8N2O3S. The zero-order chi connectivity index (χ0) is 11.8. The normalized spacial score (nSPS) is 16.9. The number of sulfonamides is 1. The van der Waals surface area contributed by atoms with Gasteiger partial charge in [-0.2, -0.15) is 5.26 Å². The van der Waals surface area contributed by atoms with Crippen LogP contribution in [0, 0.1) is 11.3 Å². The molecule has 0 unspecified atom stereocenters. The fourth-order valence-corrected chi connectivity index (χ4v) is 3.17. The summed E-state index contributed by atoms with van der Waals surface area (Å²) in [4.78, 5) is 11.8. The number of rotatable bonds is 2. The molecule has 0 fully saturated rings. The maximum absolute atomic E-state index is 11.9. The number of nitriles is 1. The van der Waals surface area contributed by atoms with E-state index >= 15 is 0 Å². The van der Waals surface area contributed by atoms with Crippen LogP contribution in [0.15, 0.2) is 29.2 Å². The molecule has 0 radical (unpaired) electrons. The van der Waals surface area contributed by atoms with Gasteiger partial charge in [-0.15, -0.1) is 0 Å². The highest BCUT2D eigenvalue weighted by Gasteiger charge is 2.40. The van der Waals surface area contributed by atoms with E-state index in [1.807, 2.05) is 6.07 Å². The van der Waals surface area contributed by atoms with Gasteiger partial charge in [0.1, 0.15) is 4.90 Å². The molecule has 82 valence electrons. The highest BCUT2D eigenvalue weighted by Crippen LogP contribution is 2.29. The highest BCUT2D eigenvalue weighted by atomic mass is 32.2. The van der Waals surface area contributed by atoms with Crippen LogP contribution in [-0.4, -0.2) is 25.2 Å². The Balaban J connectivity index is 2.50. The Kier molecular flexibility index (Phi) is 2.40. The predicted molar refractivity (Wildman–Crippen MR) is 54.9 cm³/mol. The van der Waals surface area contributed by atoms with Crippen molar-refractivity contribution < 1.29 is 13.2 Å². The van der Waals surface area contributed by atoms with Crippen molar-refractivity contribution in [3.8, 4) is 6.07 Å². The van der Waals surface area contributed by atoms with Gasteiger partial charge in [0, 0.05) is 0 Å². The maximum Gasteiger partial charge on any atom is 0.269 e. The van der Waals surface area contributed by atoms with Crippen LogP contribution in [0.3, 0.4) is 0 Å². The first-order chi connectivity index (χ1) is 7.59. The third kappa shape index (κ3) is 1.37. The van der Waals surface area contributed by atoms with Gasteiger partial charge in [-0.3, -0.25) is 4.79 Å². The molecule has 0 aliphatic carbocycles. The van der Waals surface area contributed by atoms with E-state index in [9.17, 15) is 13.2 Å². The van der Waals surface area contributed by atoms with E-state index in [0.29, 0.717) is 0 Å². The van der Waals surface area contributed by atoms with Crippen LogP contribution in [0.4, 0.5) is 0 Å². The fourth-order valence-electron chi connectivity index (χ4n) is 1.60. The van der Waals surface area contributed by atoms with Crippen molar-refractivity contribution in [1.29, 1.82) is 5.26 Å². The van der Waals surface area contributed by atoms with Crippen LogP contribution >= 0.6 is 0 Å². The number of hydrogen-bond donors (Lipinski definition) is 0. The third-order valence-corrected chi connectivity index (χ3v) is 4.18. The Bertz CT molecular complexity index is 586. The number of carbonyl (C=O) groups is 1. The molecule has 0 bridgehead atoms. The topological polar surface area (TPSA) is 78.2 Å². The molecule has 0 aromatic heterocycles. The van der Waals surface area contributed by atoms with E-state index in [4.69, 9.17) is 5.26 Å². The van der Waals surface area contributed by atoms with Gasteiger partial charge in [0.05, 0.1) is 24.6 Å². The van der Waals surface area contributed by atoms with E-state index in [-0.39, 0.29) is 23.4 Å². The van der Waals surface area contributed by atoms with Crippen LogP contribution in [0.2, 0.25) is 0 Å². The Morgan fingerprint density at radius 3 is 2.62 bits per heavy atom. The molecule has 5 nitrogen and oxygen atoms in total. The number of hydrogen-bond acceptors (Lipinski definition) is 4. The molecule has 1 aromatic rings. The number of fused-ring (bicyclic) bond motifs is 1. The van der Waals surface area contributed by atoms with Crippen molar-refractivity contribution in [2.45, 2.75) is 11.3 Å². The minimum Gasteiger partial charge on any atom is -0.268 e. The summed E-state index contributed by atoms with van der Waals surface area (Å²) in [5, 5.41) is 8.42. The summed E-state index contributed by atoms with van der Waals surface area (Å²) in [6, 6.07) is 7.87. The van der Waals surface area contributed by atoms with Crippen LogP contribution in [0.25, 0.3) is 0 Å². The van der Waals surface area contributed by atoms with Crippen LogP contribution in [0.1, 0.15) is 16.8 Å². The highest BCUT2D eigenvalue weighted by molar-refractivity contribution is 7.90. The van der Waals surface area contributed by atoms with Crippen LogP contribution < -0.4 is 0 Å². The van der Waals surface area contributed by atoms with Crippen LogP contribution in [0.5, 0.6) is 0 Å². The Hall–Kier alpha value is -1.87. The lowest BCUT2D eigenvalue weighted by Crippen LogP contribution is -2.30. The summed E-state index contributed by atoms with van der Waals surface area (Å²) < 4.78 is 24.5. The van der Waals surface area contributed by atoms with Gasteiger partial charge >= 0.3 is 0 Å². The second kappa shape index (κ2) is 3.61. The zero-order valence-corrected chi connectivity index (χ0v) is 9.07. The second-order valence-electron chi connectivity index (χ2n) is 3.29. The summed E-state index contributed by atoms with van der Waals surface area (Å²) in [7, 11) is -3.74. The van der Waals surface area contributed by atoms with Crippen molar-refractivity contribution in [1.82, 2.24) is 4.31 Å². The first-order valence-electron chi connectivity index (χ1n) is 4.62. The minimum absolute atomic E-state index is 0.00103. The first-order valence-corrected chi connectivity index (χ1v) is 6.06. The number of nitrogens with zero attached hydrogens (tertiary/aromatic N) is 2. The van der Waals surface area contributed by atoms with E-state index in [1.165, 1.54) is 12.1 Å². The monoisotopic (exact) mass is 236 g/mol. The molecule has 1 heterocycles. The Morgan fingerprint density at radius 2 is 2.00 bits per heavy atom. The lowest BCUT2D eigenvalue weighted by molar-refractivity contribution is 0.0873. The molecule has 0 atom stereocenters. The Morgan fingerprint density at radius 1 is 1.31 bits per heavy atom. The molecule has 16 heavy (non-hydrogen) atoms. The largest absolute Gasteiger partial charge is 0.269 e. The van der Waals surface area contributed by atoms with E-state index in [2.05, 4.69) is 0 Å². The van der Waals surface area contributed by atoms with Crippen molar-refractivity contribution in [2.75, 3.05) is 6.54 Å². The van der Waals surface area contributed by atoms with Gasteiger partial charge in [0.2, 0.25) is 0 Å². The molecule has 0 saturated heterocycles. The number of benzene rings is 1. The summed E-state index contributed by atoms with van der Waals surface area (Å²) in [5.41, 5.74) is 0.181. The van der Waals surface area contributed by atoms with Gasteiger partial charge in [-0.05, 0) is 12.1 Å². The molecule has 0 spiro atoms. The fraction of sp³-hybridized carbons (Fsp3) is 0.200. The lowest BCUT2D eigenvalue weighted by Gasteiger charge is -2.12. The predicted octanol–water partition coefficient (Wildman–Crippen LogP) is 0.745. The Labute approximate surface area is 93.0 Å². The molecule has 2 rings (SSSR count). The van der Waals surface area contributed by atoms with Crippen molar-refractivity contribution in [2.24, 2.45) is 0 Å². The molecule has 6 heteroatoms. The van der Waals surface area contributed by atoms with Gasteiger partial charge < -0.3 is 0 Å². The average Bonchev–Trinajstić information content (AvgIpc) is 2.46. The van der Waals surface area contributed by atoms with Gasteiger partial charge in [0.15, 0.2) is 0 Å².